The topological polar surface area (TPSA) is 73.1 Å². The molecule has 0 aliphatic rings. The summed E-state index contributed by atoms with van der Waals surface area (Å²) in [5.74, 6) is 5.74. The number of aryl methyl sites for hydroxylation is 1. The van der Waals surface area contributed by atoms with Crippen LogP contribution in [0, 0.1) is 11.8 Å². The molecule has 2 aromatic carbocycles. The second-order valence-electron chi connectivity index (χ2n) is 6.36. The maximum Gasteiger partial charge on any atom is 0.330 e. The zero-order valence-corrected chi connectivity index (χ0v) is 16.0. The predicted molar refractivity (Wildman–Crippen MR) is 113 cm³/mol. The summed E-state index contributed by atoms with van der Waals surface area (Å²) < 4.78 is 2.28. The number of nitrogens with one attached hydrogen (secondary N) is 1. The average molecular weight is 385 g/mol. The van der Waals surface area contributed by atoms with Crippen molar-refractivity contribution in [2.75, 3.05) is 5.32 Å². The number of hydrogen-bond acceptors (Lipinski definition) is 3. The van der Waals surface area contributed by atoms with Gasteiger partial charge in [0.15, 0.2) is 0 Å². The maximum absolute atomic E-state index is 12.2. The van der Waals surface area contributed by atoms with Crippen LogP contribution < -0.4 is 16.6 Å². The summed E-state index contributed by atoms with van der Waals surface area (Å²) in [6.07, 6.45) is 4.04. The summed E-state index contributed by atoms with van der Waals surface area (Å²) in [6.45, 7) is 0. The molecule has 0 saturated heterocycles. The van der Waals surface area contributed by atoms with Gasteiger partial charge in [0.05, 0.1) is 5.56 Å². The van der Waals surface area contributed by atoms with E-state index in [1.807, 2.05) is 36.4 Å². The van der Waals surface area contributed by atoms with E-state index in [1.54, 1.807) is 25.2 Å². The fourth-order valence-corrected chi connectivity index (χ4v) is 2.64. The lowest BCUT2D eigenvalue weighted by Gasteiger charge is -2.04. The summed E-state index contributed by atoms with van der Waals surface area (Å²) >= 11 is 0. The Bertz CT molecular complexity index is 1260. The van der Waals surface area contributed by atoms with Gasteiger partial charge in [0.1, 0.15) is 0 Å². The number of nitrogens with zero attached hydrogens (tertiary/aromatic N) is 2. The van der Waals surface area contributed by atoms with Crippen LogP contribution in [0.4, 0.5) is 5.69 Å². The molecule has 1 amide bonds. The quantitative estimate of drug-likeness (QED) is 0.555. The molecule has 0 radical (unpaired) electrons. The minimum absolute atomic E-state index is 0.243. The second-order valence-corrected chi connectivity index (χ2v) is 6.36. The Balaban J connectivity index is 1.74. The minimum atomic E-state index is -0.463. The largest absolute Gasteiger partial charge is 0.330 e. The van der Waals surface area contributed by atoms with Gasteiger partial charge in [0.2, 0.25) is 5.91 Å². The Morgan fingerprint density at radius 3 is 2.41 bits per heavy atom. The number of rotatable bonds is 3. The van der Waals surface area contributed by atoms with Crippen LogP contribution in [0.25, 0.3) is 6.08 Å². The highest BCUT2D eigenvalue weighted by atomic mass is 16.2. The Kier molecular flexibility index (Phi) is 5.91. The van der Waals surface area contributed by atoms with E-state index in [1.165, 1.54) is 30.0 Å². The Hall–Kier alpha value is -4.11. The lowest BCUT2D eigenvalue weighted by molar-refractivity contribution is -0.111. The number of hydrogen-bond donors (Lipinski definition) is 1. The van der Waals surface area contributed by atoms with E-state index >= 15 is 0 Å². The molecule has 144 valence electrons. The van der Waals surface area contributed by atoms with Crippen molar-refractivity contribution in [1.82, 2.24) is 9.13 Å². The summed E-state index contributed by atoms with van der Waals surface area (Å²) in [4.78, 5) is 36.0. The van der Waals surface area contributed by atoms with Crippen LogP contribution in [0.5, 0.6) is 0 Å². The summed E-state index contributed by atoms with van der Waals surface area (Å²) in [5.41, 5.74) is 1.62. The lowest BCUT2D eigenvalue weighted by Crippen LogP contribution is -2.37. The van der Waals surface area contributed by atoms with E-state index in [2.05, 4.69) is 17.2 Å². The van der Waals surface area contributed by atoms with E-state index in [4.69, 9.17) is 0 Å². The van der Waals surface area contributed by atoms with E-state index < -0.39 is 17.2 Å². The van der Waals surface area contributed by atoms with Crippen molar-refractivity contribution >= 4 is 17.7 Å². The molecule has 3 aromatic rings. The highest BCUT2D eigenvalue weighted by Gasteiger charge is 2.05. The SMILES string of the molecule is Cn1cc(/C=C/C(=O)Nc2cccc(C#Cc3ccccc3)c2)c(=O)n(C)c1=O. The third-order valence-corrected chi connectivity index (χ3v) is 4.14. The van der Waals surface area contributed by atoms with Gasteiger partial charge in [-0.3, -0.25) is 14.2 Å². The van der Waals surface area contributed by atoms with Gasteiger partial charge in [-0.1, -0.05) is 36.1 Å². The van der Waals surface area contributed by atoms with Crippen molar-refractivity contribution in [2.24, 2.45) is 14.1 Å². The molecular formula is C23H19N3O3. The molecule has 0 bridgehead atoms. The van der Waals surface area contributed by atoms with E-state index in [9.17, 15) is 14.4 Å². The number of benzene rings is 2. The van der Waals surface area contributed by atoms with Gasteiger partial charge in [0.25, 0.3) is 5.56 Å². The Morgan fingerprint density at radius 2 is 1.66 bits per heavy atom. The molecule has 0 unspecified atom stereocenters. The molecule has 6 heteroatoms. The van der Waals surface area contributed by atoms with Crippen LogP contribution in [0.1, 0.15) is 16.7 Å². The number of carbonyl (C=O) groups is 1. The molecule has 3 rings (SSSR count). The number of aromatic nitrogens is 2. The second kappa shape index (κ2) is 8.72. The van der Waals surface area contributed by atoms with Gasteiger partial charge in [-0.15, -0.1) is 0 Å². The number of carbonyl (C=O) groups excluding carboxylic acids is 1. The Morgan fingerprint density at radius 1 is 0.966 bits per heavy atom. The van der Waals surface area contributed by atoms with Crippen molar-refractivity contribution in [3.05, 3.63) is 104 Å². The first kappa shape index (κ1) is 19.6. The van der Waals surface area contributed by atoms with Crippen LogP contribution in [0.15, 0.2) is 76.5 Å². The molecule has 0 spiro atoms. The molecule has 1 N–H and O–H groups in total. The van der Waals surface area contributed by atoms with E-state index in [0.29, 0.717) is 5.69 Å². The highest BCUT2D eigenvalue weighted by Crippen LogP contribution is 2.10. The molecule has 1 heterocycles. The van der Waals surface area contributed by atoms with Gasteiger partial charge < -0.3 is 9.88 Å². The van der Waals surface area contributed by atoms with Gasteiger partial charge in [-0.25, -0.2) is 4.79 Å². The van der Waals surface area contributed by atoms with Crippen molar-refractivity contribution in [1.29, 1.82) is 0 Å². The van der Waals surface area contributed by atoms with Crippen LogP contribution >= 0.6 is 0 Å². The van der Waals surface area contributed by atoms with Crippen molar-refractivity contribution in [3.8, 4) is 11.8 Å². The predicted octanol–water partition coefficient (Wildman–Crippen LogP) is 2.14. The summed E-state index contributed by atoms with van der Waals surface area (Å²) in [5, 5.41) is 2.74. The molecule has 0 fully saturated rings. The van der Waals surface area contributed by atoms with Gasteiger partial charge >= 0.3 is 5.69 Å². The first-order chi connectivity index (χ1) is 13.9. The van der Waals surface area contributed by atoms with Crippen LogP contribution in [0.3, 0.4) is 0 Å². The standard InChI is InChI=1S/C23H19N3O3/c1-25-16-19(22(28)26(2)23(25)29)13-14-21(27)24-20-10-6-9-18(15-20)12-11-17-7-4-3-5-8-17/h3-10,13-16H,1-2H3,(H,24,27)/b14-13+. The summed E-state index contributed by atoms with van der Waals surface area (Å²) in [7, 11) is 2.94. The molecule has 0 aliphatic heterocycles. The van der Waals surface area contributed by atoms with Crippen molar-refractivity contribution in [2.45, 2.75) is 0 Å². The monoisotopic (exact) mass is 385 g/mol. The third kappa shape index (κ3) is 4.99. The first-order valence-corrected chi connectivity index (χ1v) is 8.87. The molecule has 1 aromatic heterocycles. The number of amides is 1. The molecule has 0 aliphatic carbocycles. The summed E-state index contributed by atoms with van der Waals surface area (Å²) in [6, 6.07) is 16.8. The Labute approximate surface area is 167 Å². The molecule has 0 atom stereocenters. The average Bonchev–Trinajstić information content (AvgIpc) is 2.73. The maximum atomic E-state index is 12.2. The van der Waals surface area contributed by atoms with E-state index in [0.717, 1.165) is 15.7 Å². The minimum Gasteiger partial charge on any atom is -0.322 e. The molecule has 29 heavy (non-hydrogen) atoms. The van der Waals surface area contributed by atoms with Crippen LogP contribution in [-0.2, 0) is 18.9 Å². The smallest absolute Gasteiger partial charge is 0.322 e. The molecular weight excluding hydrogens is 366 g/mol. The van der Waals surface area contributed by atoms with Crippen molar-refractivity contribution in [3.63, 3.8) is 0 Å². The van der Waals surface area contributed by atoms with E-state index in [-0.39, 0.29) is 5.56 Å². The van der Waals surface area contributed by atoms with Crippen LogP contribution in [0.2, 0.25) is 0 Å². The first-order valence-electron chi connectivity index (χ1n) is 8.87. The third-order valence-electron chi connectivity index (χ3n) is 4.14. The number of anilines is 1. The fourth-order valence-electron chi connectivity index (χ4n) is 2.64. The molecule has 6 nitrogen and oxygen atoms in total. The van der Waals surface area contributed by atoms with Gasteiger partial charge in [-0.2, -0.15) is 0 Å². The highest BCUT2D eigenvalue weighted by molar-refractivity contribution is 6.01. The zero-order chi connectivity index (χ0) is 20.8. The normalized spacial score (nSPS) is 10.4. The van der Waals surface area contributed by atoms with Gasteiger partial charge in [-0.05, 0) is 36.4 Å². The van der Waals surface area contributed by atoms with Crippen LogP contribution in [-0.4, -0.2) is 15.0 Å². The zero-order valence-electron chi connectivity index (χ0n) is 16.0. The fraction of sp³-hybridized carbons (Fsp3) is 0.0870. The van der Waals surface area contributed by atoms with Crippen molar-refractivity contribution < 1.29 is 4.79 Å². The van der Waals surface area contributed by atoms with Gasteiger partial charge in [0, 0.05) is 43.2 Å². The lowest BCUT2D eigenvalue weighted by atomic mass is 10.1. The molecule has 0 saturated carbocycles.